The van der Waals surface area contributed by atoms with Crippen LogP contribution in [0.15, 0.2) is 24.4 Å². The molecular weight excluding hydrogens is 373 g/mol. The molecule has 1 spiro atoms. The van der Waals surface area contributed by atoms with Gasteiger partial charge in [0, 0.05) is 20.1 Å². The standard InChI is InChI=1S/C18H21Cl2N5O/c1-23-7-4-18(17(23)26)5-8-24(9-6-18)11-13-12-25(22-21-13)14-2-3-15(19)16(20)10-14/h2-3,10,12H,4-9,11H2,1H3. The minimum atomic E-state index is -0.122. The molecule has 0 bridgehead atoms. The number of carbonyl (C=O) groups excluding carboxylic acids is 1. The van der Waals surface area contributed by atoms with Crippen molar-refractivity contribution < 1.29 is 4.79 Å². The van der Waals surface area contributed by atoms with E-state index < -0.39 is 0 Å². The topological polar surface area (TPSA) is 54.3 Å². The second-order valence-electron chi connectivity index (χ2n) is 7.29. The van der Waals surface area contributed by atoms with Crippen LogP contribution in [0.1, 0.15) is 25.0 Å². The molecule has 8 heteroatoms. The Morgan fingerprint density at radius 2 is 1.85 bits per heavy atom. The van der Waals surface area contributed by atoms with E-state index in [-0.39, 0.29) is 5.41 Å². The molecule has 2 fully saturated rings. The number of piperidine rings is 1. The highest BCUT2D eigenvalue weighted by Gasteiger charge is 2.46. The molecule has 1 amide bonds. The van der Waals surface area contributed by atoms with Gasteiger partial charge in [0.2, 0.25) is 5.91 Å². The zero-order valence-electron chi connectivity index (χ0n) is 14.7. The van der Waals surface area contributed by atoms with Gasteiger partial charge in [-0.3, -0.25) is 9.69 Å². The van der Waals surface area contributed by atoms with Crippen LogP contribution in [-0.2, 0) is 11.3 Å². The highest BCUT2D eigenvalue weighted by molar-refractivity contribution is 6.42. The van der Waals surface area contributed by atoms with E-state index in [1.807, 2.05) is 24.2 Å². The summed E-state index contributed by atoms with van der Waals surface area (Å²) < 4.78 is 1.71. The lowest BCUT2D eigenvalue weighted by molar-refractivity contribution is -0.137. The molecule has 2 aromatic rings. The molecule has 3 heterocycles. The molecule has 2 aliphatic rings. The van der Waals surface area contributed by atoms with Crippen molar-refractivity contribution in [2.24, 2.45) is 5.41 Å². The molecule has 1 aromatic heterocycles. The Kier molecular flexibility index (Phi) is 4.67. The molecule has 0 saturated carbocycles. The molecule has 0 aliphatic carbocycles. The van der Waals surface area contributed by atoms with Crippen LogP contribution in [0.25, 0.3) is 5.69 Å². The maximum atomic E-state index is 12.4. The Labute approximate surface area is 162 Å². The van der Waals surface area contributed by atoms with Crippen LogP contribution in [0.5, 0.6) is 0 Å². The lowest BCUT2D eigenvalue weighted by atomic mass is 9.77. The predicted molar refractivity (Wildman–Crippen MR) is 101 cm³/mol. The maximum Gasteiger partial charge on any atom is 0.228 e. The monoisotopic (exact) mass is 393 g/mol. The van der Waals surface area contributed by atoms with E-state index in [0.717, 1.165) is 56.8 Å². The molecule has 6 nitrogen and oxygen atoms in total. The molecule has 26 heavy (non-hydrogen) atoms. The second kappa shape index (κ2) is 6.83. The Morgan fingerprint density at radius 1 is 1.12 bits per heavy atom. The number of hydrogen-bond donors (Lipinski definition) is 0. The number of carbonyl (C=O) groups is 1. The van der Waals surface area contributed by atoms with Crippen molar-refractivity contribution in [2.75, 3.05) is 26.7 Å². The number of rotatable bonds is 3. The Bertz CT molecular complexity index is 829. The minimum Gasteiger partial charge on any atom is -0.345 e. The normalized spacial score (nSPS) is 20.3. The number of hydrogen-bond acceptors (Lipinski definition) is 4. The highest BCUT2D eigenvalue weighted by Crippen LogP contribution is 2.41. The van der Waals surface area contributed by atoms with Crippen LogP contribution in [-0.4, -0.2) is 57.4 Å². The fraction of sp³-hybridized carbons (Fsp3) is 0.500. The van der Waals surface area contributed by atoms with Gasteiger partial charge in [-0.1, -0.05) is 28.4 Å². The van der Waals surface area contributed by atoms with Crippen LogP contribution in [0.3, 0.4) is 0 Å². The van der Waals surface area contributed by atoms with Crippen LogP contribution >= 0.6 is 23.2 Å². The third kappa shape index (κ3) is 3.21. The second-order valence-corrected chi connectivity index (χ2v) is 8.10. The number of benzene rings is 1. The molecule has 0 radical (unpaired) electrons. The summed E-state index contributed by atoms with van der Waals surface area (Å²) in [6.45, 7) is 3.46. The maximum absolute atomic E-state index is 12.4. The van der Waals surface area contributed by atoms with Crippen LogP contribution in [0.4, 0.5) is 0 Å². The summed E-state index contributed by atoms with van der Waals surface area (Å²) in [4.78, 5) is 16.6. The molecule has 138 valence electrons. The van der Waals surface area contributed by atoms with Crippen LogP contribution < -0.4 is 0 Å². The average molecular weight is 394 g/mol. The van der Waals surface area contributed by atoms with E-state index in [9.17, 15) is 4.79 Å². The lowest BCUT2D eigenvalue weighted by Crippen LogP contribution is -2.43. The van der Waals surface area contributed by atoms with Crippen molar-refractivity contribution in [3.05, 3.63) is 40.1 Å². The Morgan fingerprint density at radius 3 is 2.50 bits per heavy atom. The largest absolute Gasteiger partial charge is 0.345 e. The Balaban J connectivity index is 1.39. The van der Waals surface area contributed by atoms with Gasteiger partial charge in [0.25, 0.3) is 0 Å². The van der Waals surface area contributed by atoms with E-state index in [4.69, 9.17) is 23.2 Å². The van der Waals surface area contributed by atoms with Crippen LogP contribution in [0.2, 0.25) is 10.0 Å². The summed E-state index contributed by atoms with van der Waals surface area (Å²) in [5.74, 6) is 0.322. The predicted octanol–water partition coefficient (Wildman–Crippen LogP) is 3.02. The van der Waals surface area contributed by atoms with Gasteiger partial charge in [-0.2, -0.15) is 0 Å². The van der Waals surface area contributed by atoms with Crippen molar-refractivity contribution in [3.63, 3.8) is 0 Å². The number of aromatic nitrogens is 3. The summed E-state index contributed by atoms with van der Waals surface area (Å²) in [6, 6.07) is 5.38. The molecule has 0 unspecified atom stereocenters. The van der Waals surface area contributed by atoms with Crippen molar-refractivity contribution >= 4 is 29.1 Å². The quantitative estimate of drug-likeness (QED) is 0.803. The van der Waals surface area contributed by atoms with Gasteiger partial charge in [-0.25, -0.2) is 4.68 Å². The molecule has 1 aromatic carbocycles. The highest BCUT2D eigenvalue weighted by atomic mass is 35.5. The minimum absolute atomic E-state index is 0.122. The SMILES string of the molecule is CN1CCC2(CCN(Cc3cn(-c4ccc(Cl)c(Cl)c4)nn3)CC2)C1=O. The van der Waals surface area contributed by atoms with Gasteiger partial charge in [-0.15, -0.1) is 5.10 Å². The van der Waals surface area contributed by atoms with E-state index >= 15 is 0 Å². The molecule has 2 saturated heterocycles. The zero-order valence-corrected chi connectivity index (χ0v) is 16.2. The number of amides is 1. The molecule has 0 atom stereocenters. The Hall–Kier alpha value is -1.63. The third-order valence-corrected chi connectivity index (χ3v) is 6.37. The fourth-order valence-electron chi connectivity index (χ4n) is 3.95. The summed E-state index contributed by atoms with van der Waals surface area (Å²) in [7, 11) is 1.91. The van der Waals surface area contributed by atoms with Crippen molar-refractivity contribution in [1.82, 2.24) is 24.8 Å². The summed E-state index contributed by atoms with van der Waals surface area (Å²) in [6.07, 6.45) is 4.76. The zero-order chi connectivity index (χ0) is 18.3. The molecule has 0 N–H and O–H groups in total. The first-order valence-electron chi connectivity index (χ1n) is 8.81. The number of nitrogens with zero attached hydrogens (tertiary/aromatic N) is 5. The smallest absolute Gasteiger partial charge is 0.228 e. The summed E-state index contributed by atoms with van der Waals surface area (Å²) in [5, 5.41) is 9.48. The van der Waals surface area contributed by atoms with E-state index in [1.165, 1.54) is 0 Å². The van der Waals surface area contributed by atoms with Crippen LogP contribution in [0, 0.1) is 5.41 Å². The van der Waals surface area contributed by atoms with Gasteiger partial charge < -0.3 is 4.90 Å². The lowest BCUT2D eigenvalue weighted by Gasteiger charge is -2.37. The fourth-order valence-corrected chi connectivity index (χ4v) is 4.24. The molecule has 2 aliphatic heterocycles. The number of halogens is 2. The van der Waals surface area contributed by atoms with E-state index in [1.54, 1.807) is 16.8 Å². The van der Waals surface area contributed by atoms with Crippen molar-refractivity contribution in [1.29, 1.82) is 0 Å². The molecular formula is C18H21Cl2N5O. The van der Waals surface area contributed by atoms with Crippen molar-refractivity contribution in [2.45, 2.75) is 25.8 Å². The first-order valence-corrected chi connectivity index (χ1v) is 9.57. The number of likely N-dealkylation sites (tertiary alicyclic amines) is 2. The molecule has 4 rings (SSSR count). The van der Waals surface area contributed by atoms with Gasteiger partial charge in [-0.05, 0) is 50.6 Å². The van der Waals surface area contributed by atoms with Gasteiger partial charge in [0.15, 0.2) is 0 Å². The average Bonchev–Trinajstić information content (AvgIpc) is 3.21. The van der Waals surface area contributed by atoms with Gasteiger partial charge in [0.05, 0.1) is 33.0 Å². The first-order chi connectivity index (χ1) is 12.5. The van der Waals surface area contributed by atoms with E-state index in [2.05, 4.69) is 15.2 Å². The van der Waals surface area contributed by atoms with Gasteiger partial charge >= 0.3 is 0 Å². The van der Waals surface area contributed by atoms with Gasteiger partial charge in [0.1, 0.15) is 0 Å². The summed E-state index contributed by atoms with van der Waals surface area (Å²) >= 11 is 12.0. The van der Waals surface area contributed by atoms with E-state index in [0.29, 0.717) is 16.0 Å². The third-order valence-electron chi connectivity index (χ3n) is 5.63. The van der Waals surface area contributed by atoms with Crippen molar-refractivity contribution in [3.8, 4) is 5.69 Å². The summed E-state index contributed by atoms with van der Waals surface area (Å²) in [5.41, 5.74) is 1.61. The first kappa shape index (κ1) is 17.8.